The van der Waals surface area contributed by atoms with Crippen LogP contribution < -0.4 is 0 Å². The lowest BCUT2D eigenvalue weighted by molar-refractivity contribution is 0.502. The van der Waals surface area contributed by atoms with Crippen LogP contribution in [0.1, 0.15) is 45.9 Å². The van der Waals surface area contributed by atoms with E-state index in [2.05, 4.69) is 18.8 Å². The summed E-state index contributed by atoms with van der Waals surface area (Å²) in [5.74, 6) is 1.46. The van der Waals surface area contributed by atoms with Gasteiger partial charge in [-0.25, -0.2) is 13.4 Å². The average Bonchev–Trinajstić information content (AvgIpc) is 2.61. The first kappa shape index (κ1) is 15.5. The molecule has 1 heterocycles. The number of aromatic nitrogens is 2. The predicted molar refractivity (Wildman–Crippen MR) is 73.3 cm³/mol. The van der Waals surface area contributed by atoms with Crippen LogP contribution in [0.2, 0.25) is 0 Å². The highest BCUT2D eigenvalue weighted by Crippen LogP contribution is 2.17. The summed E-state index contributed by atoms with van der Waals surface area (Å²) in [5.41, 5.74) is 0. The second-order valence-electron chi connectivity index (χ2n) is 4.91. The number of halogens is 1. The minimum atomic E-state index is -3.72. The smallest absolute Gasteiger partial charge is 0.280 e. The van der Waals surface area contributed by atoms with Crippen molar-refractivity contribution in [1.29, 1.82) is 0 Å². The van der Waals surface area contributed by atoms with Gasteiger partial charge in [0.1, 0.15) is 5.82 Å². The molecule has 0 aliphatic rings. The van der Waals surface area contributed by atoms with Crippen molar-refractivity contribution in [3.63, 3.8) is 0 Å². The Kier molecular flexibility index (Phi) is 5.66. The largest absolute Gasteiger partial charge is 0.333 e. The molecule has 0 amide bonds. The van der Waals surface area contributed by atoms with Crippen molar-refractivity contribution in [3.8, 4) is 0 Å². The Hall–Kier alpha value is -0.550. The Morgan fingerprint density at radius 3 is 2.61 bits per heavy atom. The van der Waals surface area contributed by atoms with E-state index in [0.717, 1.165) is 38.1 Å². The third kappa shape index (κ3) is 4.61. The van der Waals surface area contributed by atoms with Crippen LogP contribution in [-0.2, 0) is 22.0 Å². The normalized spacial score (nSPS) is 12.3. The van der Waals surface area contributed by atoms with Crippen LogP contribution in [0.3, 0.4) is 0 Å². The van der Waals surface area contributed by atoms with E-state index in [-0.39, 0.29) is 5.03 Å². The lowest BCUT2D eigenvalue weighted by Gasteiger charge is -2.08. The molecule has 0 saturated heterocycles. The quantitative estimate of drug-likeness (QED) is 0.725. The van der Waals surface area contributed by atoms with E-state index in [1.807, 2.05) is 11.5 Å². The Bertz CT molecular complexity index is 480. The summed E-state index contributed by atoms with van der Waals surface area (Å²) in [6, 6.07) is 0. The van der Waals surface area contributed by atoms with Crippen molar-refractivity contribution in [2.75, 3.05) is 0 Å². The fraction of sp³-hybridized carbons (Fsp3) is 0.750. The molecule has 0 aliphatic carbocycles. The van der Waals surface area contributed by atoms with Gasteiger partial charge in [0.05, 0.1) is 0 Å². The van der Waals surface area contributed by atoms with Gasteiger partial charge in [0.2, 0.25) is 0 Å². The number of imidazole rings is 1. The summed E-state index contributed by atoms with van der Waals surface area (Å²) in [4.78, 5) is 4.11. The molecule has 1 aromatic rings. The Morgan fingerprint density at radius 2 is 2.11 bits per heavy atom. The van der Waals surface area contributed by atoms with Crippen LogP contribution in [0.4, 0.5) is 0 Å². The summed E-state index contributed by atoms with van der Waals surface area (Å²) in [7, 11) is 1.60. The zero-order valence-corrected chi connectivity index (χ0v) is 12.8. The first-order valence-electron chi connectivity index (χ1n) is 6.35. The molecule has 18 heavy (non-hydrogen) atoms. The van der Waals surface area contributed by atoms with Crippen molar-refractivity contribution in [1.82, 2.24) is 9.55 Å². The van der Waals surface area contributed by atoms with Gasteiger partial charge >= 0.3 is 0 Å². The first-order chi connectivity index (χ1) is 8.34. The minimum Gasteiger partial charge on any atom is -0.333 e. The molecule has 1 rings (SSSR count). The molecule has 0 bridgehead atoms. The van der Waals surface area contributed by atoms with Gasteiger partial charge < -0.3 is 4.57 Å². The molecular formula is C12H21ClN2O2S. The first-order valence-corrected chi connectivity index (χ1v) is 8.66. The fourth-order valence-electron chi connectivity index (χ4n) is 1.83. The standard InChI is InChI=1S/C12H21ClN2O2S/c1-4-6-11-14-12(18(13,16)17)9-15(11)8-5-7-10(2)3/h9-10H,4-8H2,1-3H3. The Balaban J connectivity index is 2.84. The van der Waals surface area contributed by atoms with Gasteiger partial charge in [-0.05, 0) is 25.2 Å². The Labute approximate surface area is 114 Å². The van der Waals surface area contributed by atoms with Crippen molar-refractivity contribution in [2.45, 2.75) is 58.0 Å². The van der Waals surface area contributed by atoms with E-state index in [1.54, 1.807) is 6.20 Å². The van der Waals surface area contributed by atoms with Gasteiger partial charge in [-0.1, -0.05) is 20.8 Å². The van der Waals surface area contributed by atoms with E-state index in [4.69, 9.17) is 10.7 Å². The van der Waals surface area contributed by atoms with Gasteiger partial charge in [0.15, 0.2) is 5.03 Å². The van der Waals surface area contributed by atoms with Gasteiger partial charge in [-0.2, -0.15) is 0 Å². The van der Waals surface area contributed by atoms with Crippen LogP contribution in [0.5, 0.6) is 0 Å². The van der Waals surface area contributed by atoms with Gasteiger partial charge in [0.25, 0.3) is 9.05 Å². The topological polar surface area (TPSA) is 52.0 Å². The fourth-order valence-corrected chi connectivity index (χ4v) is 2.52. The SMILES string of the molecule is CCCc1nc(S(=O)(=O)Cl)cn1CCCC(C)C. The minimum absolute atomic E-state index is 0.0304. The molecule has 4 nitrogen and oxygen atoms in total. The molecular weight excluding hydrogens is 272 g/mol. The van der Waals surface area contributed by atoms with E-state index >= 15 is 0 Å². The maximum atomic E-state index is 11.3. The van der Waals surface area contributed by atoms with Crippen molar-refractivity contribution < 1.29 is 8.42 Å². The van der Waals surface area contributed by atoms with Gasteiger partial charge in [-0.3, -0.25) is 0 Å². The van der Waals surface area contributed by atoms with Crippen LogP contribution in [0.15, 0.2) is 11.2 Å². The predicted octanol–water partition coefficient (Wildman–Crippen LogP) is 3.20. The highest BCUT2D eigenvalue weighted by Gasteiger charge is 2.17. The second kappa shape index (κ2) is 6.57. The van der Waals surface area contributed by atoms with E-state index < -0.39 is 9.05 Å². The second-order valence-corrected chi connectivity index (χ2v) is 7.43. The number of hydrogen-bond acceptors (Lipinski definition) is 3. The number of hydrogen-bond donors (Lipinski definition) is 0. The highest BCUT2D eigenvalue weighted by atomic mass is 35.7. The molecule has 0 radical (unpaired) electrons. The molecule has 0 fully saturated rings. The molecule has 0 aromatic carbocycles. The highest BCUT2D eigenvalue weighted by molar-refractivity contribution is 8.13. The average molecular weight is 293 g/mol. The van der Waals surface area contributed by atoms with Crippen molar-refractivity contribution in [3.05, 3.63) is 12.0 Å². The van der Waals surface area contributed by atoms with E-state index in [0.29, 0.717) is 5.92 Å². The summed E-state index contributed by atoms with van der Waals surface area (Å²) in [6.07, 6.45) is 5.39. The maximum absolute atomic E-state index is 11.3. The molecule has 1 aromatic heterocycles. The van der Waals surface area contributed by atoms with Gasteiger partial charge in [0, 0.05) is 29.8 Å². The lowest BCUT2D eigenvalue weighted by Crippen LogP contribution is -2.04. The van der Waals surface area contributed by atoms with Crippen molar-refractivity contribution >= 4 is 19.7 Å². The lowest BCUT2D eigenvalue weighted by atomic mass is 10.1. The zero-order chi connectivity index (χ0) is 13.8. The molecule has 0 unspecified atom stereocenters. The zero-order valence-electron chi connectivity index (χ0n) is 11.2. The van der Waals surface area contributed by atoms with Crippen LogP contribution >= 0.6 is 10.7 Å². The molecule has 104 valence electrons. The van der Waals surface area contributed by atoms with Crippen LogP contribution in [0.25, 0.3) is 0 Å². The van der Waals surface area contributed by atoms with Crippen LogP contribution in [-0.4, -0.2) is 18.0 Å². The van der Waals surface area contributed by atoms with Crippen molar-refractivity contribution in [2.24, 2.45) is 5.92 Å². The molecule has 0 saturated carbocycles. The molecule has 6 heteroatoms. The number of rotatable bonds is 7. The van der Waals surface area contributed by atoms with Crippen LogP contribution in [0, 0.1) is 5.92 Å². The maximum Gasteiger partial charge on any atom is 0.280 e. The summed E-state index contributed by atoms with van der Waals surface area (Å²) in [6.45, 7) is 7.19. The third-order valence-electron chi connectivity index (χ3n) is 2.74. The molecule has 0 spiro atoms. The van der Waals surface area contributed by atoms with E-state index in [9.17, 15) is 8.42 Å². The van der Waals surface area contributed by atoms with Gasteiger partial charge in [-0.15, -0.1) is 0 Å². The molecule has 0 N–H and O–H groups in total. The number of nitrogens with zero attached hydrogens (tertiary/aromatic N) is 2. The molecule has 0 aliphatic heterocycles. The third-order valence-corrected chi connectivity index (χ3v) is 3.91. The van der Waals surface area contributed by atoms with E-state index in [1.165, 1.54) is 0 Å². The Morgan fingerprint density at radius 1 is 1.44 bits per heavy atom. The summed E-state index contributed by atoms with van der Waals surface area (Å²) in [5, 5.41) is -0.0304. The monoisotopic (exact) mass is 292 g/mol. The number of aryl methyl sites for hydroxylation is 2. The summed E-state index contributed by atoms with van der Waals surface area (Å²) >= 11 is 0. The molecule has 0 atom stereocenters. The summed E-state index contributed by atoms with van der Waals surface area (Å²) < 4.78 is 24.5.